The second kappa shape index (κ2) is 6.72. The second-order valence-corrected chi connectivity index (χ2v) is 5.24. The number of anilines is 1. The number of rotatable bonds is 4. The highest BCUT2D eigenvalue weighted by Crippen LogP contribution is 2.17. The van der Waals surface area contributed by atoms with Crippen LogP contribution in [0.3, 0.4) is 0 Å². The zero-order chi connectivity index (χ0) is 14.5. The van der Waals surface area contributed by atoms with Gasteiger partial charge in [-0.3, -0.25) is 4.79 Å². The van der Waals surface area contributed by atoms with Gasteiger partial charge in [-0.25, -0.2) is 9.97 Å². The Morgan fingerprint density at radius 1 is 1.45 bits per heavy atom. The maximum atomic E-state index is 12.3. The Labute approximate surface area is 127 Å². The molecule has 1 amide bonds. The largest absolute Gasteiger partial charge is 0.322 e. The highest BCUT2D eigenvalue weighted by molar-refractivity contribution is 7.98. The van der Waals surface area contributed by atoms with Gasteiger partial charge in [0.2, 0.25) is 0 Å². The van der Waals surface area contributed by atoms with E-state index in [0.717, 1.165) is 5.69 Å². The predicted molar refractivity (Wildman–Crippen MR) is 82.6 cm³/mol. The monoisotopic (exact) mass is 307 g/mol. The van der Waals surface area contributed by atoms with Gasteiger partial charge in [-0.1, -0.05) is 36.4 Å². The van der Waals surface area contributed by atoms with Gasteiger partial charge in [0.1, 0.15) is 0 Å². The summed E-state index contributed by atoms with van der Waals surface area (Å²) in [6.45, 7) is 1.96. The average Bonchev–Trinajstić information content (AvgIpc) is 2.46. The van der Waals surface area contributed by atoms with Crippen LogP contribution in [0, 0.1) is 0 Å². The molecule has 0 fully saturated rings. The van der Waals surface area contributed by atoms with Gasteiger partial charge in [-0.15, -0.1) is 0 Å². The van der Waals surface area contributed by atoms with Crippen LogP contribution >= 0.6 is 23.4 Å². The van der Waals surface area contributed by atoms with E-state index in [0.29, 0.717) is 27.9 Å². The molecule has 0 unspecified atom stereocenters. The summed E-state index contributed by atoms with van der Waals surface area (Å²) < 4.78 is 0. The number of amides is 1. The van der Waals surface area contributed by atoms with Crippen molar-refractivity contribution < 1.29 is 4.79 Å². The van der Waals surface area contributed by atoms with E-state index in [-0.39, 0.29) is 5.91 Å². The number of halogens is 1. The molecule has 2 rings (SSSR count). The van der Waals surface area contributed by atoms with Crippen LogP contribution in [-0.2, 0) is 6.42 Å². The molecule has 6 heteroatoms. The summed E-state index contributed by atoms with van der Waals surface area (Å²) >= 11 is 7.35. The minimum atomic E-state index is -0.225. The lowest BCUT2D eigenvalue weighted by molar-refractivity contribution is 0.102. The number of aryl methyl sites for hydroxylation is 1. The maximum absolute atomic E-state index is 12.3. The van der Waals surface area contributed by atoms with Crippen LogP contribution < -0.4 is 5.32 Å². The van der Waals surface area contributed by atoms with Crippen molar-refractivity contribution in [2.45, 2.75) is 18.5 Å². The van der Waals surface area contributed by atoms with Crippen molar-refractivity contribution in [2.24, 2.45) is 0 Å². The van der Waals surface area contributed by atoms with E-state index in [1.807, 2.05) is 13.2 Å². The van der Waals surface area contributed by atoms with Crippen LogP contribution in [0.4, 0.5) is 5.69 Å². The van der Waals surface area contributed by atoms with Gasteiger partial charge in [0, 0.05) is 16.9 Å². The first-order valence-electron chi connectivity index (χ1n) is 6.11. The number of carbonyl (C=O) groups is 1. The van der Waals surface area contributed by atoms with Gasteiger partial charge in [0.25, 0.3) is 5.91 Å². The van der Waals surface area contributed by atoms with Crippen LogP contribution in [0.2, 0.25) is 5.02 Å². The third-order valence-corrected chi connectivity index (χ3v) is 3.49. The van der Waals surface area contributed by atoms with E-state index < -0.39 is 0 Å². The van der Waals surface area contributed by atoms with Crippen molar-refractivity contribution in [3.63, 3.8) is 0 Å². The van der Waals surface area contributed by atoms with Crippen LogP contribution in [0.15, 0.2) is 35.6 Å². The van der Waals surface area contributed by atoms with E-state index >= 15 is 0 Å². The first-order chi connectivity index (χ1) is 9.63. The Hall–Kier alpha value is -1.59. The Bertz CT molecular complexity index is 634. The summed E-state index contributed by atoms with van der Waals surface area (Å²) in [6, 6.07) is 7.02. The van der Waals surface area contributed by atoms with Crippen molar-refractivity contribution in [2.75, 3.05) is 11.6 Å². The number of aromatic nitrogens is 2. The summed E-state index contributed by atoms with van der Waals surface area (Å²) in [4.78, 5) is 20.8. The molecule has 0 aliphatic carbocycles. The molecule has 2 aromatic rings. The number of hydrogen-bond donors (Lipinski definition) is 1. The van der Waals surface area contributed by atoms with E-state index in [4.69, 9.17) is 11.6 Å². The molecule has 4 nitrogen and oxygen atoms in total. The zero-order valence-electron chi connectivity index (χ0n) is 11.2. The molecule has 20 heavy (non-hydrogen) atoms. The molecule has 0 atom stereocenters. The maximum Gasteiger partial charge on any atom is 0.259 e. The fourth-order valence-corrected chi connectivity index (χ4v) is 2.27. The molecule has 0 spiro atoms. The lowest BCUT2D eigenvalue weighted by Gasteiger charge is -2.09. The summed E-state index contributed by atoms with van der Waals surface area (Å²) in [6.07, 6.45) is 4.15. The van der Waals surface area contributed by atoms with Crippen LogP contribution in [0.5, 0.6) is 0 Å². The summed E-state index contributed by atoms with van der Waals surface area (Å²) in [5.74, 6) is -0.225. The van der Waals surface area contributed by atoms with Gasteiger partial charge in [0.05, 0.1) is 11.3 Å². The van der Waals surface area contributed by atoms with Crippen LogP contribution in [0.1, 0.15) is 23.0 Å². The zero-order valence-corrected chi connectivity index (χ0v) is 12.8. The van der Waals surface area contributed by atoms with Crippen molar-refractivity contribution in [1.82, 2.24) is 9.97 Å². The SMILES string of the molecule is CCc1nc(SC)ncc1C(=O)Nc1cccc(Cl)c1. The van der Waals surface area contributed by atoms with Gasteiger partial charge >= 0.3 is 0 Å². The summed E-state index contributed by atoms with van der Waals surface area (Å²) in [5, 5.41) is 4.05. The highest BCUT2D eigenvalue weighted by atomic mass is 35.5. The lowest BCUT2D eigenvalue weighted by atomic mass is 10.1. The highest BCUT2D eigenvalue weighted by Gasteiger charge is 2.13. The van der Waals surface area contributed by atoms with Gasteiger partial charge in [0.15, 0.2) is 5.16 Å². The van der Waals surface area contributed by atoms with Crippen molar-refractivity contribution >= 4 is 35.0 Å². The van der Waals surface area contributed by atoms with Crippen molar-refractivity contribution in [1.29, 1.82) is 0 Å². The Morgan fingerprint density at radius 3 is 2.90 bits per heavy atom. The molecule has 0 aliphatic rings. The molecule has 1 heterocycles. The number of hydrogen-bond acceptors (Lipinski definition) is 4. The Morgan fingerprint density at radius 2 is 2.25 bits per heavy atom. The smallest absolute Gasteiger partial charge is 0.259 e. The molecule has 1 aromatic carbocycles. The van der Waals surface area contributed by atoms with Gasteiger partial charge in [-0.05, 0) is 30.9 Å². The van der Waals surface area contributed by atoms with E-state index in [2.05, 4.69) is 15.3 Å². The standard InChI is InChI=1S/C14H14ClN3OS/c1-3-12-11(8-16-14(18-12)20-2)13(19)17-10-6-4-5-9(15)7-10/h4-8H,3H2,1-2H3,(H,17,19). The normalized spacial score (nSPS) is 10.3. The first-order valence-corrected chi connectivity index (χ1v) is 7.71. The molecule has 1 aromatic heterocycles. The molecular formula is C14H14ClN3OS. The van der Waals surface area contributed by atoms with Crippen LogP contribution in [-0.4, -0.2) is 22.1 Å². The van der Waals surface area contributed by atoms with E-state index in [9.17, 15) is 4.79 Å². The van der Waals surface area contributed by atoms with Crippen molar-refractivity contribution in [3.8, 4) is 0 Å². The fraction of sp³-hybridized carbons (Fsp3) is 0.214. The Balaban J connectivity index is 2.25. The van der Waals surface area contributed by atoms with Crippen LogP contribution in [0.25, 0.3) is 0 Å². The topological polar surface area (TPSA) is 54.9 Å². The lowest BCUT2D eigenvalue weighted by Crippen LogP contribution is -2.16. The average molecular weight is 308 g/mol. The first kappa shape index (κ1) is 14.8. The predicted octanol–water partition coefficient (Wildman–Crippen LogP) is 3.67. The Kier molecular flexibility index (Phi) is 4.98. The molecule has 0 saturated carbocycles. The molecule has 0 aliphatic heterocycles. The van der Waals surface area contributed by atoms with Gasteiger partial charge < -0.3 is 5.32 Å². The molecule has 104 valence electrons. The number of nitrogens with zero attached hydrogens (tertiary/aromatic N) is 2. The number of thioether (sulfide) groups is 1. The number of carbonyl (C=O) groups excluding carboxylic acids is 1. The third-order valence-electron chi connectivity index (χ3n) is 2.69. The number of benzene rings is 1. The molecule has 0 radical (unpaired) electrons. The second-order valence-electron chi connectivity index (χ2n) is 4.04. The minimum absolute atomic E-state index is 0.225. The van der Waals surface area contributed by atoms with E-state index in [1.165, 1.54) is 11.8 Å². The molecular weight excluding hydrogens is 294 g/mol. The van der Waals surface area contributed by atoms with E-state index in [1.54, 1.807) is 30.5 Å². The molecule has 0 bridgehead atoms. The minimum Gasteiger partial charge on any atom is -0.322 e. The number of nitrogens with one attached hydrogen (secondary N) is 1. The fourth-order valence-electron chi connectivity index (χ4n) is 1.72. The molecule has 0 saturated heterocycles. The quantitative estimate of drug-likeness (QED) is 0.691. The summed E-state index contributed by atoms with van der Waals surface area (Å²) in [5.41, 5.74) is 1.88. The van der Waals surface area contributed by atoms with Crippen molar-refractivity contribution in [3.05, 3.63) is 46.7 Å². The van der Waals surface area contributed by atoms with Gasteiger partial charge in [-0.2, -0.15) is 0 Å². The molecule has 1 N–H and O–H groups in total. The summed E-state index contributed by atoms with van der Waals surface area (Å²) in [7, 11) is 0. The third kappa shape index (κ3) is 3.49.